The van der Waals surface area contributed by atoms with Gasteiger partial charge in [0.1, 0.15) is 11.3 Å². The molecule has 3 aromatic rings. The maximum absolute atomic E-state index is 14.3. The number of pyridine rings is 1. The number of aromatic nitrogens is 1. The van der Waals surface area contributed by atoms with Crippen molar-refractivity contribution in [2.45, 2.75) is 12.8 Å². The van der Waals surface area contributed by atoms with Crippen LogP contribution < -0.4 is 4.74 Å². The lowest BCUT2D eigenvalue weighted by atomic mass is 9.95. The number of phenols is 1. The smallest absolute Gasteiger partial charge is 0.339 e. The highest BCUT2D eigenvalue weighted by atomic mass is 19.1. The van der Waals surface area contributed by atoms with Crippen molar-refractivity contribution >= 4 is 5.97 Å². The van der Waals surface area contributed by atoms with E-state index in [0.29, 0.717) is 24.2 Å². The summed E-state index contributed by atoms with van der Waals surface area (Å²) in [6.45, 7) is 0.556. The van der Waals surface area contributed by atoms with Crippen LogP contribution in [-0.2, 0) is 11.2 Å². The molecular formula is C23H21F2NO5. The zero-order valence-electron chi connectivity index (χ0n) is 17.0. The van der Waals surface area contributed by atoms with Gasteiger partial charge in [0.15, 0.2) is 17.4 Å². The van der Waals surface area contributed by atoms with Gasteiger partial charge >= 0.3 is 5.97 Å². The zero-order chi connectivity index (χ0) is 22.5. The van der Waals surface area contributed by atoms with Crippen LogP contribution in [0.5, 0.6) is 11.5 Å². The number of halogens is 2. The van der Waals surface area contributed by atoms with Crippen molar-refractivity contribution in [2.24, 2.45) is 0 Å². The fourth-order valence-corrected chi connectivity index (χ4v) is 3.29. The van der Waals surface area contributed by atoms with Crippen molar-refractivity contribution in [2.75, 3.05) is 20.8 Å². The first-order valence-corrected chi connectivity index (χ1v) is 9.43. The monoisotopic (exact) mass is 429 g/mol. The first kappa shape index (κ1) is 22.2. The second kappa shape index (κ2) is 9.53. The van der Waals surface area contributed by atoms with E-state index in [1.807, 2.05) is 0 Å². The Bertz CT molecular complexity index is 1090. The Kier molecular flexibility index (Phi) is 6.81. The third-order valence-corrected chi connectivity index (χ3v) is 4.77. The number of methoxy groups -OCH3 is 2. The van der Waals surface area contributed by atoms with Gasteiger partial charge in [0.2, 0.25) is 0 Å². The maximum atomic E-state index is 14.3. The fraction of sp³-hybridized carbons (Fsp3) is 0.217. The Morgan fingerprint density at radius 1 is 1.06 bits per heavy atom. The second-order valence-electron chi connectivity index (χ2n) is 6.85. The van der Waals surface area contributed by atoms with E-state index in [0.717, 1.165) is 24.1 Å². The first-order chi connectivity index (χ1) is 14.8. The zero-order valence-corrected chi connectivity index (χ0v) is 17.0. The molecular weight excluding hydrogens is 408 g/mol. The third kappa shape index (κ3) is 4.80. The van der Waals surface area contributed by atoms with Crippen LogP contribution in [0.25, 0.3) is 22.4 Å². The van der Waals surface area contributed by atoms with Crippen molar-refractivity contribution in [1.29, 1.82) is 0 Å². The van der Waals surface area contributed by atoms with E-state index in [9.17, 15) is 18.7 Å². The van der Waals surface area contributed by atoms with Gasteiger partial charge in [-0.2, -0.15) is 0 Å². The van der Waals surface area contributed by atoms with E-state index in [1.165, 1.54) is 25.3 Å². The Hall–Kier alpha value is -3.52. The fourth-order valence-electron chi connectivity index (χ4n) is 3.29. The molecule has 31 heavy (non-hydrogen) atoms. The molecule has 0 bridgehead atoms. The van der Waals surface area contributed by atoms with Gasteiger partial charge in [0.05, 0.1) is 12.8 Å². The van der Waals surface area contributed by atoms with Gasteiger partial charge in [-0.15, -0.1) is 0 Å². The van der Waals surface area contributed by atoms with E-state index in [2.05, 4.69) is 4.98 Å². The number of carbonyl (C=O) groups is 1. The highest BCUT2D eigenvalue weighted by molar-refractivity contribution is 5.92. The minimum atomic E-state index is -1.27. The molecule has 2 N–H and O–H groups in total. The van der Waals surface area contributed by atoms with Gasteiger partial charge < -0.3 is 19.7 Å². The van der Waals surface area contributed by atoms with Crippen molar-refractivity contribution < 1.29 is 33.3 Å². The van der Waals surface area contributed by atoms with E-state index in [4.69, 9.17) is 14.6 Å². The highest BCUT2D eigenvalue weighted by Gasteiger charge is 2.18. The van der Waals surface area contributed by atoms with Crippen LogP contribution >= 0.6 is 0 Å². The summed E-state index contributed by atoms with van der Waals surface area (Å²) in [5.74, 6) is -3.94. The Morgan fingerprint density at radius 3 is 2.35 bits per heavy atom. The van der Waals surface area contributed by atoms with Crippen LogP contribution in [0.4, 0.5) is 8.78 Å². The molecule has 0 atom stereocenters. The van der Waals surface area contributed by atoms with Crippen LogP contribution in [0.3, 0.4) is 0 Å². The van der Waals surface area contributed by atoms with Crippen LogP contribution in [-0.4, -0.2) is 42.0 Å². The molecule has 0 saturated heterocycles. The number of aromatic hydroxyl groups is 1. The third-order valence-electron chi connectivity index (χ3n) is 4.77. The largest absolute Gasteiger partial charge is 0.507 e. The Balaban J connectivity index is 2.16. The summed E-state index contributed by atoms with van der Waals surface area (Å²) in [6, 6.07) is 8.10. The summed E-state index contributed by atoms with van der Waals surface area (Å²) in [5, 5.41) is 19.3. The number of ether oxygens (including phenoxy) is 2. The minimum absolute atomic E-state index is 0.177. The normalized spacial score (nSPS) is 10.8. The molecule has 1 aromatic heterocycles. The van der Waals surface area contributed by atoms with Gasteiger partial charge in [-0.3, -0.25) is 4.98 Å². The summed E-state index contributed by atoms with van der Waals surface area (Å²) in [5.41, 5.74) is 2.00. The molecule has 6 nitrogen and oxygen atoms in total. The van der Waals surface area contributed by atoms with Crippen LogP contribution in [0, 0.1) is 11.6 Å². The van der Waals surface area contributed by atoms with Crippen molar-refractivity contribution in [1.82, 2.24) is 4.98 Å². The van der Waals surface area contributed by atoms with Gasteiger partial charge in [0, 0.05) is 31.0 Å². The van der Waals surface area contributed by atoms with Gasteiger partial charge in [-0.25, -0.2) is 13.6 Å². The van der Waals surface area contributed by atoms with Gasteiger partial charge in [-0.05, 0) is 54.3 Å². The molecule has 0 aliphatic rings. The van der Waals surface area contributed by atoms with Gasteiger partial charge in [-0.1, -0.05) is 6.07 Å². The Morgan fingerprint density at radius 2 is 1.77 bits per heavy atom. The van der Waals surface area contributed by atoms with Gasteiger partial charge in [0.25, 0.3) is 0 Å². The van der Waals surface area contributed by atoms with Crippen molar-refractivity contribution in [3.63, 3.8) is 0 Å². The SMILES string of the molecule is COCCCc1cnc(-c2cc(F)c(OC)c(F)c2)c(-c2ccc(C(=O)O)c(O)c2)c1. The van der Waals surface area contributed by atoms with Crippen LogP contribution in [0.15, 0.2) is 42.6 Å². The number of nitrogens with zero attached hydrogens (tertiary/aromatic N) is 1. The first-order valence-electron chi connectivity index (χ1n) is 9.43. The quantitative estimate of drug-likeness (QED) is 0.505. The number of benzene rings is 2. The summed E-state index contributed by atoms with van der Waals surface area (Å²) >= 11 is 0. The second-order valence-corrected chi connectivity index (χ2v) is 6.85. The molecule has 162 valence electrons. The summed E-state index contributed by atoms with van der Waals surface area (Å²) in [6.07, 6.45) is 3.00. The molecule has 0 unspecified atom stereocenters. The van der Waals surface area contributed by atoms with Crippen LogP contribution in [0.1, 0.15) is 22.3 Å². The lowest BCUT2D eigenvalue weighted by molar-refractivity contribution is 0.0693. The van der Waals surface area contributed by atoms with Crippen molar-refractivity contribution in [3.8, 4) is 33.9 Å². The molecule has 0 spiro atoms. The minimum Gasteiger partial charge on any atom is -0.507 e. The van der Waals surface area contributed by atoms with E-state index in [-0.39, 0.29) is 16.8 Å². The molecule has 0 aliphatic carbocycles. The summed E-state index contributed by atoms with van der Waals surface area (Å²) in [7, 11) is 2.78. The topological polar surface area (TPSA) is 88.9 Å². The predicted octanol–water partition coefficient (Wildman–Crippen LogP) is 4.69. The summed E-state index contributed by atoms with van der Waals surface area (Å²) in [4.78, 5) is 15.6. The Labute approximate surface area is 177 Å². The number of carboxylic acid groups (broad SMARTS) is 1. The standard InChI is InChI=1S/C23H21F2NO5/c1-30-7-3-4-13-8-17(14-5-6-16(23(28)29)20(27)11-14)21(26-12-13)15-9-18(24)22(31-2)19(25)10-15/h5-6,8-12,27H,3-4,7H2,1-2H3,(H,28,29). The molecule has 0 fully saturated rings. The van der Waals surface area contributed by atoms with Crippen LogP contribution in [0.2, 0.25) is 0 Å². The molecule has 0 saturated carbocycles. The number of aromatic carboxylic acids is 1. The molecule has 8 heteroatoms. The van der Waals surface area contributed by atoms with E-state index < -0.39 is 29.1 Å². The lowest BCUT2D eigenvalue weighted by Gasteiger charge is -2.14. The molecule has 2 aromatic carbocycles. The molecule has 1 heterocycles. The molecule has 3 rings (SSSR count). The highest BCUT2D eigenvalue weighted by Crippen LogP contribution is 2.36. The number of hydrogen-bond donors (Lipinski definition) is 2. The number of hydrogen-bond acceptors (Lipinski definition) is 5. The number of aryl methyl sites for hydroxylation is 1. The molecule has 0 amide bonds. The maximum Gasteiger partial charge on any atom is 0.339 e. The number of rotatable bonds is 8. The summed E-state index contributed by atoms with van der Waals surface area (Å²) < 4.78 is 38.4. The average molecular weight is 429 g/mol. The molecule has 0 aliphatic heterocycles. The average Bonchev–Trinajstić information content (AvgIpc) is 2.73. The van der Waals surface area contributed by atoms with E-state index in [1.54, 1.807) is 19.4 Å². The number of carboxylic acids is 1. The van der Waals surface area contributed by atoms with E-state index >= 15 is 0 Å². The van der Waals surface area contributed by atoms with Crippen molar-refractivity contribution in [3.05, 3.63) is 65.4 Å². The predicted molar refractivity (Wildman–Crippen MR) is 110 cm³/mol. The lowest BCUT2D eigenvalue weighted by Crippen LogP contribution is -2.00. The molecule has 0 radical (unpaired) electrons.